The van der Waals surface area contributed by atoms with Gasteiger partial charge in [-0.05, 0) is 34.3 Å². The van der Waals surface area contributed by atoms with Gasteiger partial charge in [0.05, 0.1) is 17.0 Å². The van der Waals surface area contributed by atoms with Gasteiger partial charge in [-0.3, -0.25) is 0 Å². The van der Waals surface area contributed by atoms with Crippen molar-refractivity contribution in [2.45, 2.75) is 25.1 Å². The molecule has 0 amide bonds. The third kappa shape index (κ3) is 3.12. The van der Waals surface area contributed by atoms with Gasteiger partial charge in [-0.15, -0.1) is 11.6 Å². The number of benzene rings is 1. The van der Waals surface area contributed by atoms with Gasteiger partial charge < -0.3 is 4.74 Å². The molecule has 0 aromatic heterocycles. The van der Waals surface area contributed by atoms with Crippen LogP contribution in [0, 0.1) is 5.92 Å². The topological polar surface area (TPSA) is 9.23 Å². The first-order chi connectivity index (χ1) is 7.31. The zero-order valence-electron chi connectivity index (χ0n) is 8.51. The van der Waals surface area contributed by atoms with Crippen molar-refractivity contribution in [1.29, 1.82) is 0 Å². The Hall–Kier alpha value is -0.210. The van der Waals surface area contributed by atoms with Crippen molar-refractivity contribution in [1.82, 2.24) is 0 Å². The second-order valence-electron chi connectivity index (χ2n) is 3.94. The molecule has 1 aromatic rings. The molecule has 1 aliphatic rings. The summed E-state index contributed by atoms with van der Waals surface area (Å²) >= 11 is 9.34. The van der Waals surface area contributed by atoms with Crippen LogP contribution in [0.25, 0.3) is 0 Å². The molecular weight excluding hydrogens is 275 g/mol. The first kappa shape index (κ1) is 11.3. The van der Waals surface area contributed by atoms with Crippen LogP contribution in [0.4, 0.5) is 0 Å². The molecular formula is C12H14BrClO. The fraction of sp³-hybridized carbons (Fsp3) is 0.500. The number of alkyl halides is 1. The lowest BCUT2D eigenvalue weighted by molar-refractivity contribution is 0.298. The number of rotatable bonds is 5. The summed E-state index contributed by atoms with van der Waals surface area (Å²) in [4.78, 5) is 0. The Morgan fingerprint density at radius 2 is 2.20 bits per heavy atom. The number of hydrogen-bond donors (Lipinski definition) is 0. The lowest BCUT2D eigenvalue weighted by atomic mass is 10.2. The summed E-state index contributed by atoms with van der Waals surface area (Å²) in [6, 6.07) is 5.97. The standard InChI is InChI=1S/C12H14BrClO/c13-11-3-1-2-10(8-14)12(11)15-7-6-9-4-5-9/h1-3,9H,4-8H2. The highest BCUT2D eigenvalue weighted by atomic mass is 79.9. The summed E-state index contributed by atoms with van der Waals surface area (Å²) in [7, 11) is 0. The molecule has 1 aromatic carbocycles. The van der Waals surface area contributed by atoms with E-state index in [9.17, 15) is 0 Å². The minimum atomic E-state index is 0.498. The van der Waals surface area contributed by atoms with E-state index in [1.165, 1.54) is 19.3 Å². The predicted molar refractivity (Wildman–Crippen MR) is 66.5 cm³/mol. The Labute approximate surface area is 104 Å². The highest BCUT2D eigenvalue weighted by Crippen LogP contribution is 2.34. The lowest BCUT2D eigenvalue weighted by Crippen LogP contribution is -2.01. The minimum absolute atomic E-state index is 0.498. The number of hydrogen-bond acceptors (Lipinski definition) is 1. The summed E-state index contributed by atoms with van der Waals surface area (Å²) in [6.45, 7) is 0.803. The Kier molecular flexibility index (Phi) is 3.92. The monoisotopic (exact) mass is 288 g/mol. The lowest BCUT2D eigenvalue weighted by Gasteiger charge is -2.11. The van der Waals surface area contributed by atoms with Crippen molar-refractivity contribution in [3.05, 3.63) is 28.2 Å². The van der Waals surface area contributed by atoms with Crippen LogP contribution in [0.15, 0.2) is 22.7 Å². The van der Waals surface area contributed by atoms with Gasteiger partial charge in [0.15, 0.2) is 0 Å². The van der Waals surface area contributed by atoms with E-state index in [1.807, 2.05) is 18.2 Å². The van der Waals surface area contributed by atoms with E-state index in [2.05, 4.69) is 15.9 Å². The molecule has 0 heterocycles. The zero-order valence-corrected chi connectivity index (χ0v) is 10.9. The molecule has 1 saturated carbocycles. The first-order valence-electron chi connectivity index (χ1n) is 5.27. The van der Waals surface area contributed by atoms with Crippen LogP contribution in [0.5, 0.6) is 5.75 Å². The molecule has 1 nitrogen and oxygen atoms in total. The van der Waals surface area contributed by atoms with E-state index in [-0.39, 0.29) is 0 Å². The zero-order chi connectivity index (χ0) is 10.7. The number of ether oxygens (including phenoxy) is 1. The summed E-state index contributed by atoms with van der Waals surface area (Å²) in [6.07, 6.45) is 3.92. The molecule has 82 valence electrons. The van der Waals surface area contributed by atoms with Gasteiger partial charge >= 0.3 is 0 Å². The van der Waals surface area contributed by atoms with Crippen LogP contribution in [0.2, 0.25) is 0 Å². The second kappa shape index (κ2) is 5.22. The van der Waals surface area contributed by atoms with E-state index in [0.717, 1.165) is 28.3 Å². The average molecular weight is 290 g/mol. The summed E-state index contributed by atoms with van der Waals surface area (Å²) in [5.74, 6) is 2.32. The average Bonchev–Trinajstić information content (AvgIpc) is 3.04. The smallest absolute Gasteiger partial charge is 0.137 e. The molecule has 0 N–H and O–H groups in total. The third-order valence-electron chi connectivity index (χ3n) is 2.66. The quantitative estimate of drug-likeness (QED) is 0.732. The van der Waals surface area contributed by atoms with Gasteiger partial charge in [0.2, 0.25) is 0 Å². The van der Waals surface area contributed by atoms with Crippen LogP contribution in [0.1, 0.15) is 24.8 Å². The SMILES string of the molecule is ClCc1cccc(Br)c1OCCC1CC1. The fourth-order valence-electron chi connectivity index (χ4n) is 1.55. The van der Waals surface area contributed by atoms with Crippen LogP contribution in [-0.2, 0) is 5.88 Å². The van der Waals surface area contributed by atoms with Crippen molar-refractivity contribution in [3.8, 4) is 5.75 Å². The van der Waals surface area contributed by atoms with Gasteiger partial charge in [0.25, 0.3) is 0 Å². The summed E-state index contributed by atoms with van der Waals surface area (Å²) in [5, 5.41) is 0. The van der Waals surface area contributed by atoms with Crippen LogP contribution in [-0.4, -0.2) is 6.61 Å². The largest absolute Gasteiger partial charge is 0.492 e. The first-order valence-corrected chi connectivity index (χ1v) is 6.60. The Bertz CT molecular complexity index is 336. The van der Waals surface area contributed by atoms with E-state index in [0.29, 0.717) is 5.88 Å². The van der Waals surface area contributed by atoms with E-state index < -0.39 is 0 Å². The molecule has 1 aliphatic carbocycles. The molecule has 0 unspecified atom stereocenters. The summed E-state index contributed by atoms with van der Waals surface area (Å²) < 4.78 is 6.78. The molecule has 2 rings (SSSR count). The molecule has 0 saturated heterocycles. The van der Waals surface area contributed by atoms with E-state index in [1.54, 1.807) is 0 Å². The fourth-order valence-corrected chi connectivity index (χ4v) is 2.29. The van der Waals surface area contributed by atoms with Crippen molar-refractivity contribution in [2.24, 2.45) is 5.92 Å². The summed E-state index contributed by atoms with van der Waals surface area (Å²) in [5.41, 5.74) is 1.06. The van der Waals surface area contributed by atoms with Gasteiger partial charge in [0.1, 0.15) is 5.75 Å². The predicted octanol–water partition coefficient (Wildman–Crippen LogP) is 4.37. The van der Waals surface area contributed by atoms with Gasteiger partial charge in [-0.1, -0.05) is 25.0 Å². The number of para-hydroxylation sites is 1. The maximum atomic E-state index is 5.86. The molecule has 0 bridgehead atoms. The molecule has 0 radical (unpaired) electrons. The van der Waals surface area contributed by atoms with Gasteiger partial charge in [-0.25, -0.2) is 0 Å². The van der Waals surface area contributed by atoms with Crippen molar-refractivity contribution in [3.63, 3.8) is 0 Å². The van der Waals surface area contributed by atoms with Crippen LogP contribution in [0.3, 0.4) is 0 Å². The maximum absolute atomic E-state index is 5.86. The molecule has 3 heteroatoms. The highest BCUT2D eigenvalue weighted by Gasteiger charge is 2.21. The Balaban J connectivity index is 1.97. The van der Waals surface area contributed by atoms with Gasteiger partial charge in [-0.2, -0.15) is 0 Å². The van der Waals surface area contributed by atoms with Crippen LogP contribution < -0.4 is 4.74 Å². The molecule has 0 spiro atoms. The second-order valence-corrected chi connectivity index (χ2v) is 5.06. The highest BCUT2D eigenvalue weighted by molar-refractivity contribution is 9.10. The number of halogens is 2. The molecule has 0 aliphatic heterocycles. The van der Waals surface area contributed by atoms with E-state index >= 15 is 0 Å². The van der Waals surface area contributed by atoms with Crippen molar-refractivity contribution >= 4 is 27.5 Å². The van der Waals surface area contributed by atoms with Gasteiger partial charge in [0, 0.05) is 5.56 Å². The van der Waals surface area contributed by atoms with Crippen molar-refractivity contribution in [2.75, 3.05) is 6.61 Å². The maximum Gasteiger partial charge on any atom is 0.137 e. The molecule has 1 fully saturated rings. The van der Waals surface area contributed by atoms with E-state index in [4.69, 9.17) is 16.3 Å². The Morgan fingerprint density at radius 3 is 2.87 bits per heavy atom. The normalized spacial score (nSPS) is 15.3. The molecule has 15 heavy (non-hydrogen) atoms. The van der Waals surface area contributed by atoms with Crippen LogP contribution >= 0.6 is 27.5 Å². The Morgan fingerprint density at radius 1 is 1.40 bits per heavy atom. The third-order valence-corrected chi connectivity index (χ3v) is 3.57. The minimum Gasteiger partial charge on any atom is -0.492 e. The molecule has 0 atom stereocenters. The van der Waals surface area contributed by atoms with Crippen molar-refractivity contribution < 1.29 is 4.74 Å².